The molecular formula is C15H28N4. The Morgan fingerprint density at radius 1 is 1.47 bits per heavy atom. The lowest BCUT2D eigenvalue weighted by molar-refractivity contribution is 0.256. The van der Waals surface area contributed by atoms with Crippen LogP contribution >= 0.6 is 0 Å². The summed E-state index contributed by atoms with van der Waals surface area (Å²) in [4.78, 5) is 2.61. The lowest BCUT2D eigenvalue weighted by Gasteiger charge is -2.25. The summed E-state index contributed by atoms with van der Waals surface area (Å²) >= 11 is 0. The second kappa shape index (κ2) is 7.06. The monoisotopic (exact) mass is 264 g/mol. The van der Waals surface area contributed by atoms with Crippen LogP contribution in [0.25, 0.3) is 0 Å². The molecule has 1 N–H and O–H groups in total. The molecule has 4 heteroatoms. The minimum Gasteiger partial charge on any atom is -0.313 e. The van der Waals surface area contributed by atoms with Crippen molar-refractivity contribution >= 4 is 0 Å². The minimum absolute atomic E-state index is 0.661. The molecule has 1 fully saturated rings. The first-order valence-corrected chi connectivity index (χ1v) is 7.57. The van der Waals surface area contributed by atoms with Crippen LogP contribution in [0.1, 0.15) is 32.4 Å². The molecule has 4 nitrogen and oxygen atoms in total. The predicted molar refractivity (Wildman–Crippen MR) is 79.2 cm³/mol. The quantitative estimate of drug-likeness (QED) is 0.878. The molecule has 1 aromatic rings. The Kier molecular flexibility index (Phi) is 5.40. The average Bonchev–Trinajstić information content (AvgIpc) is 2.62. The summed E-state index contributed by atoms with van der Waals surface area (Å²) in [6.07, 6.45) is 5.54. The van der Waals surface area contributed by atoms with Gasteiger partial charge in [-0.2, -0.15) is 5.10 Å². The van der Waals surface area contributed by atoms with Gasteiger partial charge in [-0.05, 0) is 37.9 Å². The van der Waals surface area contributed by atoms with E-state index in [0.29, 0.717) is 6.04 Å². The first kappa shape index (κ1) is 14.5. The fourth-order valence-corrected chi connectivity index (χ4v) is 2.93. The van der Waals surface area contributed by atoms with Crippen molar-refractivity contribution in [1.29, 1.82) is 0 Å². The van der Waals surface area contributed by atoms with Crippen LogP contribution in [0.15, 0.2) is 12.3 Å². The summed E-state index contributed by atoms with van der Waals surface area (Å²) in [7, 11) is 2.03. The maximum atomic E-state index is 4.24. The lowest BCUT2D eigenvalue weighted by Crippen LogP contribution is -2.39. The number of nitrogens with one attached hydrogen (secondary N) is 1. The SMILES string of the molecule is CC(C)CC1CN(CCc2ccnn2C)CCCN1. The first-order chi connectivity index (χ1) is 9.15. The molecule has 0 radical (unpaired) electrons. The molecule has 1 aliphatic rings. The molecule has 1 aliphatic heterocycles. The Labute approximate surface area is 117 Å². The summed E-state index contributed by atoms with van der Waals surface area (Å²) in [6, 6.07) is 2.79. The third-order valence-corrected chi connectivity index (χ3v) is 3.93. The van der Waals surface area contributed by atoms with Gasteiger partial charge in [0.25, 0.3) is 0 Å². The Hall–Kier alpha value is -0.870. The lowest BCUT2D eigenvalue weighted by atomic mass is 10.0. The normalized spacial score (nSPS) is 21.8. The molecule has 0 saturated carbocycles. The molecule has 0 amide bonds. The molecule has 1 aromatic heterocycles. The van der Waals surface area contributed by atoms with Crippen molar-refractivity contribution in [2.45, 2.75) is 39.2 Å². The second-order valence-corrected chi connectivity index (χ2v) is 6.13. The summed E-state index contributed by atoms with van der Waals surface area (Å²) < 4.78 is 1.99. The van der Waals surface area contributed by atoms with E-state index in [1.807, 2.05) is 17.9 Å². The fourth-order valence-electron chi connectivity index (χ4n) is 2.93. The van der Waals surface area contributed by atoms with Crippen molar-refractivity contribution in [1.82, 2.24) is 20.0 Å². The highest BCUT2D eigenvalue weighted by Crippen LogP contribution is 2.10. The van der Waals surface area contributed by atoms with Crippen LogP contribution in [0.3, 0.4) is 0 Å². The van der Waals surface area contributed by atoms with E-state index < -0.39 is 0 Å². The number of aromatic nitrogens is 2. The van der Waals surface area contributed by atoms with Gasteiger partial charge in [-0.25, -0.2) is 0 Å². The number of rotatable bonds is 5. The summed E-state index contributed by atoms with van der Waals surface area (Å²) in [6.45, 7) is 9.35. The molecule has 0 spiro atoms. The Morgan fingerprint density at radius 2 is 2.32 bits per heavy atom. The molecule has 0 aliphatic carbocycles. The Morgan fingerprint density at radius 3 is 3.00 bits per heavy atom. The third-order valence-electron chi connectivity index (χ3n) is 3.93. The highest BCUT2D eigenvalue weighted by atomic mass is 15.3. The summed E-state index contributed by atoms with van der Waals surface area (Å²) in [5.74, 6) is 0.773. The van der Waals surface area contributed by atoms with Crippen LogP contribution in [0.2, 0.25) is 0 Å². The van der Waals surface area contributed by atoms with Gasteiger partial charge in [0, 0.05) is 44.5 Å². The number of nitrogens with zero attached hydrogens (tertiary/aromatic N) is 3. The standard InChI is InChI=1S/C15H28N4/c1-13(2)11-14-12-19(9-4-7-16-14)10-6-15-5-8-17-18(15)3/h5,8,13-14,16H,4,6-7,9-12H2,1-3H3. The highest BCUT2D eigenvalue weighted by molar-refractivity contribution is 5.00. The highest BCUT2D eigenvalue weighted by Gasteiger charge is 2.18. The van der Waals surface area contributed by atoms with E-state index in [0.717, 1.165) is 18.9 Å². The van der Waals surface area contributed by atoms with Crippen LogP contribution in [0.4, 0.5) is 0 Å². The molecule has 108 valence electrons. The Balaban J connectivity index is 1.83. The van der Waals surface area contributed by atoms with Crippen LogP contribution in [-0.2, 0) is 13.5 Å². The molecule has 2 heterocycles. The smallest absolute Gasteiger partial charge is 0.0492 e. The van der Waals surface area contributed by atoms with E-state index in [4.69, 9.17) is 0 Å². The van der Waals surface area contributed by atoms with Gasteiger partial charge in [-0.15, -0.1) is 0 Å². The number of aryl methyl sites for hydroxylation is 1. The van der Waals surface area contributed by atoms with Crippen molar-refractivity contribution in [3.63, 3.8) is 0 Å². The third kappa shape index (κ3) is 4.62. The van der Waals surface area contributed by atoms with Crippen molar-refractivity contribution in [2.24, 2.45) is 13.0 Å². The van der Waals surface area contributed by atoms with Crippen LogP contribution in [0, 0.1) is 5.92 Å². The predicted octanol–water partition coefficient (Wildman–Crippen LogP) is 1.67. The molecule has 1 atom stereocenters. The minimum atomic E-state index is 0.661. The van der Waals surface area contributed by atoms with Crippen LogP contribution in [0.5, 0.6) is 0 Å². The largest absolute Gasteiger partial charge is 0.313 e. The second-order valence-electron chi connectivity index (χ2n) is 6.13. The van der Waals surface area contributed by atoms with Crippen molar-refractivity contribution in [2.75, 3.05) is 26.2 Å². The zero-order valence-electron chi connectivity index (χ0n) is 12.6. The van der Waals surface area contributed by atoms with Gasteiger partial charge >= 0.3 is 0 Å². The molecule has 2 rings (SSSR count). The zero-order valence-corrected chi connectivity index (χ0v) is 12.6. The molecule has 0 aromatic carbocycles. The topological polar surface area (TPSA) is 33.1 Å². The maximum Gasteiger partial charge on any atom is 0.0492 e. The van der Waals surface area contributed by atoms with Crippen molar-refractivity contribution in [3.8, 4) is 0 Å². The maximum absolute atomic E-state index is 4.24. The fraction of sp³-hybridized carbons (Fsp3) is 0.800. The van der Waals surface area contributed by atoms with Gasteiger partial charge in [0.15, 0.2) is 0 Å². The first-order valence-electron chi connectivity index (χ1n) is 7.57. The molecular weight excluding hydrogens is 236 g/mol. The van der Waals surface area contributed by atoms with E-state index in [2.05, 4.69) is 35.2 Å². The zero-order chi connectivity index (χ0) is 13.7. The molecule has 1 saturated heterocycles. The average molecular weight is 264 g/mol. The Bertz CT molecular complexity index is 372. The molecule has 0 bridgehead atoms. The van der Waals surface area contributed by atoms with Gasteiger partial charge in [0.2, 0.25) is 0 Å². The van der Waals surface area contributed by atoms with Gasteiger partial charge in [0.05, 0.1) is 0 Å². The number of hydrogen-bond donors (Lipinski definition) is 1. The van der Waals surface area contributed by atoms with E-state index in [9.17, 15) is 0 Å². The van der Waals surface area contributed by atoms with Gasteiger partial charge < -0.3 is 10.2 Å². The van der Waals surface area contributed by atoms with E-state index in [1.165, 1.54) is 38.2 Å². The van der Waals surface area contributed by atoms with Gasteiger partial charge in [-0.3, -0.25) is 4.68 Å². The van der Waals surface area contributed by atoms with E-state index in [1.54, 1.807) is 0 Å². The van der Waals surface area contributed by atoms with Crippen molar-refractivity contribution in [3.05, 3.63) is 18.0 Å². The van der Waals surface area contributed by atoms with Gasteiger partial charge in [0.1, 0.15) is 0 Å². The summed E-state index contributed by atoms with van der Waals surface area (Å²) in [5.41, 5.74) is 1.33. The van der Waals surface area contributed by atoms with Crippen LogP contribution < -0.4 is 5.32 Å². The number of hydrogen-bond acceptors (Lipinski definition) is 3. The van der Waals surface area contributed by atoms with E-state index in [-0.39, 0.29) is 0 Å². The van der Waals surface area contributed by atoms with Gasteiger partial charge in [-0.1, -0.05) is 13.8 Å². The molecule has 19 heavy (non-hydrogen) atoms. The van der Waals surface area contributed by atoms with Crippen LogP contribution in [-0.4, -0.2) is 46.9 Å². The van der Waals surface area contributed by atoms with E-state index >= 15 is 0 Å². The van der Waals surface area contributed by atoms with Crippen molar-refractivity contribution < 1.29 is 0 Å². The molecule has 1 unspecified atom stereocenters. The summed E-state index contributed by atoms with van der Waals surface area (Å²) in [5, 5.41) is 7.93.